The summed E-state index contributed by atoms with van der Waals surface area (Å²) in [4.78, 5) is 16.7. The molecular formula is C15H15BrN2OS2. The number of thioether (sulfide) groups is 1. The molecular weight excluding hydrogens is 368 g/mol. The first-order valence-electron chi connectivity index (χ1n) is 6.64. The fraction of sp³-hybridized carbons (Fsp3) is 0.267. The fourth-order valence-electron chi connectivity index (χ4n) is 2.34. The van der Waals surface area contributed by atoms with Gasteiger partial charge in [-0.05, 0) is 41.6 Å². The Bertz CT molecular complexity index is 671. The van der Waals surface area contributed by atoms with Crippen molar-refractivity contribution in [2.24, 2.45) is 0 Å². The fourth-order valence-corrected chi connectivity index (χ4v) is 4.46. The van der Waals surface area contributed by atoms with Crippen LogP contribution in [-0.2, 0) is 17.8 Å². The lowest BCUT2D eigenvalue weighted by atomic mass is 10.1. The number of fused-ring (bicyclic) bond motifs is 1. The first-order valence-corrected chi connectivity index (χ1v) is 9.30. The molecule has 0 fully saturated rings. The highest BCUT2D eigenvalue weighted by molar-refractivity contribution is 9.10. The van der Waals surface area contributed by atoms with Crippen LogP contribution in [0.4, 0.5) is 5.69 Å². The number of benzene rings is 1. The number of halogens is 1. The van der Waals surface area contributed by atoms with Crippen molar-refractivity contribution in [1.29, 1.82) is 0 Å². The van der Waals surface area contributed by atoms with Crippen molar-refractivity contribution >= 4 is 50.6 Å². The van der Waals surface area contributed by atoms with E-state index in [0.29, 0.717) is 11.4 Å². The number of hydrogen-bond acceptors (Lipinski definition) is 4. The highest BCUT2D eigenvalue weighted by atomic mass is 79.9. The van der Waals surface area contributed by atoms with Crippen LogP contribution in [0.1, 0.15) is 10.4 Å². The lowest BCUT2D eigenvalue weighted by Gasteiger charge is -2.27. The normalized spacial score (nSPS) is 14.0. The van der Waals surface area contributed by atoms with Gasteiger partial charge >= 0.3 is 0 Å². The topological polar surface area (TPSA) is 46.3 Å². The van der Waals surface area contributed by atoms with Crippen LogP contribution in [0.5, 0.6) is 0 Å². The number of carbonyl (C=O) groups excluding carboxylic acids is 1. The zero-order chi connectivity index (χ0) is 14.8. The molecule has 0 saturated carbocycles. The summed E-state index contributed by atoms with van der Waals surface area (Å²) >= 11 is 6.68. The van der Waals surface area contributed by atoms with E-state index in [-0.39, 0.29) is 5.91 Å². The van der Waals surface area contributed by atoms with Crippen LogP contribution in [0.2, 0.25) is 0 Å². The highest BCUT2D eigenvalue weighted by Crippen LogP contribution is 2.29. The monoisotopic (exact) mass is 382 g/mol. The predicted molar refractivity (Wildman–Crippen MR) is 92.7 cm³/mol. The van der Waals surface area contributed by atoms with E-state index in [1.807, 2.05) is 23.1 Å². The van der Waals surface area contributed by atoms with E-state index in [2.05, 4.69) is 27.4 Å². The summed E-state index contributed by atoms with van der Waals surface area (Å²) in [6.45, 7) is 1.57. The maximum Gasteiger partial charge on any atom is 0.233 e. The van der Waals surface area contributed by atoms with E-state index in [4.69, 9.17) is 5.73 Å². The molecule has 2 N–H and O–H groups in total. The molecule has 0 aliphatic carbocycles. The van der Waals surface area contributed by atoms with Crippen LogP contribution < -0.4 is 5.73 Å². The number of anilines is 1. The van der Waals surface area contributed by atoms with Crippen LogP contribution in [0, 0.1) is 0 Å². The molecule has 1 aliphatic heterocycles. The van der Waals surface area contributed by atoms with Gasteiger partial charge in [-0.2, -0.15) is 0 Å². The molecule has 0 radical (unpaired) electrons. The molecule has 110 valence electrons. The van der Waals surface area contributed by atoms with Gasteiger partial charge in [0, 0.05) is 33.0 Å². The summed E-state index contributed by atoms with van der Waals surface area (Å²) in [7, 11) is 0. The van der Waals surface area contributed by atoms with Crippen LogP contribution in [-0.4, -0.2) is 23.1 Å². The SMILES string of the molecule is Nc1cc(Br)ccc1SCC(=O)N1CCc2sccc2C1. The summed E-state index contributed by atoms with van der Waals surface area (Å²) in [6, 6.07) is 7.89. The first-order chi connectivity index (χ1) is 10.1. The molecule has 3 nitrogen and oxygen atoms in total. The molecule has 1 aliphatic rings. The van der Waals surface area contributed by atoms with Gasteiger partial charge in [0.15, 0.2) is 0 Å². The molecule has 1 aromatic heterocycles. The van der Waals surface area contributed by atoms with Crippen LogP contribution >= 0.6 is 39.0 Å². The third-order valence-electron chi connectivity index (χ3n) is 3.48. The van der Waals surface area contributed by atoms with Gasteiger partial charge in [0.25, 0.3) is 0 Å². The van der Waals surface area contributed by atoms with E-state index in [1.54, 1.807) is 11.3 Å². The molecule has 1 aromatic carbocycles. The quantitative estimate of drug-likeness (QED) is 0.648. The number of nitrogens with zero attached hydrogens (tertiary/aromatic N) is 1. The molecule has 0 atom stereocenters. The molecule has 1 amide bonds. The van der Waals surface area contributed by atoms with Crippen LogP contribution in [0.3, 0.4) is 0 Å². The van der Waals surface area contributed by atoms with Crippen molar-refractivity contribution in [2.45, 2.75) is 17.9 Å². The summed E-state index contributed by atoms with van der Waals surface area (Å²) < 4.78 is 0.955. The molecule has 0 saturated heterocycles. The summed E-state index contributed by atoms with van der Waals surface area (Å²) in [5.41, 5.74) is 7.97. The third kappa shape index (κ3) is 3.44. The van der Waals surface area contributed by atoms with Gasteiger partial charge in [0.1, 0.15) is 0 Å². The third-order valence-corrected chi connectivity index (χ3v) is 6.07. The van der Waals surface area contributed by atoms with Gasteiger partial charge < -0.3 is 10.6 Å². The Morgan fingerprint density at radius 2 is 2.29 bits per heavy atom. The average Bonchev–Trinajstić information content (AvgIpc) is 2.93. The zero-order valence-corrected chi connectivity index (χ0v) is 14.6. The Kier molecular flexibility index (Phi) is 4.57. The van der Waals surface area contributed by atoms with Crippen molar-refractivity contribution < 1.29 is 4.79 Å². The Morgan fingerprint density at radius 3 is 3.10 bits per heavy atom. The molecule has 21 heavy (non-hydrogen) atoms. The Morgan fingerprint density at radius 1 is 1.43 bits per heavy atom. The number of carbonyl (C=O) groups is 1. The van der Waals surface area contributed by atoms with Gasteiger partial charge in [-0.25, -0.2) is 0 Å². The maximum absolute atomic E-state index is 12.3. The van der Waals surface area contributed by atoms with Gasteiger partial charge in [-0.1, -0.05) is 15.9 Å². The molecule has 0 unspecified atom stereocenters. The minimum Gasteiger partial charge on any atom is -0.398 e. The Hall–Kier alpha value is -0.980. The van der Waals surface area contributed by atoms with Gasteiger partial charge in [-0.15, -0.1) is 23.1 Å². The van der Waals surface area contributed by atoms with E-state index in [9.17, 15) is 4.79 Å². The lowest BCUT2D eigenvalue weighted by Crippen LogP contribution is -2.36. The number of amides is 1. The molecule has 2 heterocycles. The van der Waals surface area contributed by atoms with Crippen LogP contribution in [0.15, 0.2) is 39.0 Å². The Labute approximate surface area is 140 Å². The standard InChI is InChI=1S/C15H15BrN2OS2/c16-11-1-2-14(12(17)7-11)21-9-15(19)18-5-3-13-10(8-18)4-6-20-13/h1-2,4,6-7H,3,5,8-9,17H2. The van der Waals surface area contributed by atoms with Crippen molar-refractivity contribution in [3.05, 3.63) is 44.6 Å². The smallest absolute Gasteiger partial charge is 0.233 e. The first kappa shape index (κ1) is 14.9. The van der Waals surface area contributed by atoms with E-state index >= 15 is 0 Å². The predicted octanol–water partition coefficient (Wildman–Crippen LogP) is 3.77. The van der Waals surface area contributed by atoms with Gasteiger partial charge in [0.05, 0.1) is 5.75 Å². The Balaban J connectivity index is 1.60. The van der Waals surface area contributed by atoms with E-state index in [1.165, 1.54) is 22.2 Å². The molecule has 6 heteroatoms. The number of nitrogen functional groups attached to an aromatic ring is 1. The second kappa shape index (κ2) is 6.42. The van der Waals surface area contributed by atoms with Crippen molar-refractivity contribution in [3.63, 3.8) is 0 Å². The number of hydrogen-bond donors (Lipinski definition) is 1. The number of rotatable bonds is 3. The molecule has 0 spiro atoms. The van der Waals surface area contributed by atoms with Crippen molar-refractivity contribution in [2.75, 3.05) is 18.0 Å². The van der Waals surface area contributed by atoms with E-state index < -0.39 is 0 Å². The van der Waals surface area contributed by atoms with E-state index in [0.717, 1.165) is 28.9 Å². The summed E-state index contributed by atoms with van der Waals surface area (Å²) in [5.74, 6) is 0.616. The minimum atomic E-state index is 0.180. The molecule has 3 rings (SSSR count). The maximum atomic E-state index is 12.3. The largest absolute Gasteiger partial charge is 0.398 e. The summed E-state index contributed by atoms with van der Waals surface area (Å²) in [5, 5.41) is 2.11. The van der Waals surface area contributed by atoms with Gasteiger partial charge in [-0.3, -0.25) is 4.79 Å². The zero-order valence-electron chi connectivity index (χ0n) is 11.3. The molecule has 2 aromatic rings. The molecule has 0 bridgehead atoms. The minimum absolute atomic E-state index is 0.180. The second-order valence-electron chi connectivity index (χ2n) is 4.91. The van der Waals surface area contributed by atoms with Gasteiger partial charge in [0.2, 0.25) is 5.91 Å². The second-order valence-corrected chi connectivity index (χ2v) is 7.84. The van der Waals surface area contributed by atoms with Crippen molar-refractivity contribution in [3.8, 4) is 0 Å². The number of nitrogens with two attached hydrogens (primary N) is 1. The lowest BCUT2D eigenvalue weighted by molar-refractivity contribution is -0.129. The average molecular weight is 383 g/mol. The summed E-state index contributed by atoms with van der Waals surface area (Å²) in [6.07, 6.45) is 0.976. The number of thiophene rings is 1. The van der Waals surface area contributed by atoms with Crippen LogP contribution in [0.25, 0.3) is 0 Å². The van der Waals surface area contributed by atoms with Crippen molar-refractivity contribution in [1.82, 2.24) is 4.90 Å². The highest BCUT2D eigenvalue weighted by Gasteiger charge is 2.21.